The Morgan fingerprint density at radius 2 is 2.25 bits per heavy atom. The standard InChI is InChI=1S/C12H16N2O4S2/c13-9-1-2-11(10(5-9)12(15)16)20(17,18)14-6-8-3-4-19-7-8/h1-2,5,8,14H,3-4,6-7,13H2,(H,15,16). The number of carboxylic acid groups (broad SMARTS) is 1. The zero-order valence-corrected chi connectivity index (χ0v) is 12.3. The Hall–Kier alpha value is -1.25. The molecule has 1 aromatic rings. The Kier molecular flexibility index (Phi) is 4.56. The largest absolute Gasteiger partial charge is 0.478 e. The van der Waals surface area contributed by atoms with Crippen molar-refractivity contribution >= 4 is 33.4 Å². The van der Waals surface area contributed by atoms with Gasteiger partial charge in [0.1, 0.15) is 0 Å². The predicted octanol–water partition coefficient (Wildman–Crippen LogP) is 0.998. The lowest BCUT2D eigenvalue weighted by atomic mass is 10.1. The minimum atomic E-state index is -3.84. The van der Waals surface area contributed by atoms with E-state index in [-0.39, 0.29) is 16.1 Å². The fraction of sp³-hybridized carbons (Fsp3) is 0.417. The van der Waals surface area contributed by atoms with E-state index in [1.54, 1.807) is 11.8 Å². The van der Waals surface area contributed by atoms with Gasteiger partial charge in [-0.3, -0.25) is 0 Å². The monoisotopic (exact) mass is 316 g/mol. The number of anilines is 1. The number of rotatable bonds is 5. The van der Waals surface area contributed by atoms with E-state index >= 15 is 0 Å². The third-order valence-electron chi connectivity index (χ3n) is 3.11. The summed E-state index contributed by atoms with van der Waals surface area (Å²) in [5, 5.41) is 9.08. The molecule has 8 heteroatoms. The van der Waals surface area contributed by atoms with Crippen LogP contribution in [0.15, 0.2) is 23.1 Å². The van der Waals surface area contributed by atoms with Crippen molar-refractivity contribution in [2.75, 3.05) is 23.8 Å². The quantitative estimate of drug-likeness (QED) is 0.699. The van der Waals surface area contributed by atoms with Gasteiger partial charge in [0.2, 0.25) is 10.0 Å². The van der Waals surface area contributed by atoms with Gasteiger partial charge in [0, 0.05) is 12.2 Å². The van der Waals surface area contributed by atoms with E-state index in [0.717, 1.165) is 24.0 Å². The number of carboxylic acids is 1. The number of aromatic carboxylic acids is 1. The van der Waals surface area contributed by atoms with Crippen molar-refractivity contribution in [3.05, 3.63) is 23.8 Å². The molecular formula is C12H16N2O4S2. The maximum Gasteiger partial charge on any atom is 0.337 e. The molecule has 1 fully saturated rings. The molecule has 1 aliphatic heterocycles. The van der Waals surface area contributed by atoms with Gasteiger partial charge in [-0.2, -0.15) is 11.8 Å². The van der Waals surface area contributed by atoms with Crippen molar-refractivity contribution in [1.82, 2.24) is 4.72 Å². The second-order valence-electron chi connectivity index (χ2n) is 4.64. The number of thioether (sulfide) groups is 1. The lowest BCUT2D eigenvalue weighted by molar-refractivity contribution is 0.0692. The van der Waals surface area contributed by atoms with Crippen LogP contribution in [0.5, 0.6) is 0 Å². The number of benzene rings is 1. The maximum atomic E-state index is 12.2. The second kappa shape index (κ2) is 6.02. The van der Waals surface area contributed by atoms with Gasteiger partial charge >= 0.3 is 5.97 Å². The number of hydrogen-bond acceptors (Lipinski definition) is 5. The molecule has 4 N–H and O–H groups in total. The molecule has 0 saturated carbocycles. The van der Waals surface area contributed by atoms with Gasteiger partial charge in [-0.25, -0.2) is 17.9 Å². The SMILES string of the molecule is Nc1ccc(S(=O)(=O)NCC2CCSC2)c(C(=O)O)c1. The molecular weight excluding hydrogens is 300 g/mol. The smallest absolute Gasteiger partial charge is 0.337 e. The predicted molar refractivity (Wildman–Crippen MR) is 78.4 cm³/mol. The fourth-order valence-corrected chi connectivity index (χ4v) is 4.58. The van der Waals surface area contributed by atoms with Gasteiger partial charge in [0.05, 0.1) is 10.5 Å². The van der Waals surface area contributed by atoms with E-state index in [9.17, 15) is 13.2 Å². The third-order valence-corrected chi connectivity index (χ3v) is 5.82. The first-order valence-corrected chi connectivity index (χ1v) is 8.74. The summed E-state index contributed by atoms with van der Waals surface area (Å²) < 4.78 is 26.9. The molecule has 110 valence electrons. The van der Waals surface area contributed by atoms with E-state index in [4.69, 9.17) is 10.8 Å². The molecule has 1 atom stereocenters. The van der Waals surface area contributed by atoms with Crippen LogP contribution in [0.2, 0.25) is 0 Å². The van der Waals surface area contributed by atoms with Gasteiger partial charge in [-0.15, -0.1) is 0 Å². The van der Waals surface area contributed by atoms with Crippen LogP contribution >= 0.6 is 11.8 Å². The molecule has 20 heavy (non-hydrogen) atoms. The summed E-state index contributed by atoms with van der Waals surface area (Å²) in [6.45, 7) is 0.332. The molecule has 1 heterocycles. The van der Waals surface area contributed by atoms with E-state index in [1.165, 1.54) is 12.1 Å². The highest BCUT2D eigenvalue weighted by molar-refractivity contribution is 7.99. The number of carbonyl (C=O) groups is 1. The van der Waals surface area contributed by atoms with Crippen molar-refractivity contribution in [3.63, 3.8) is 0 Å². The maximum absolute atomic E-state index is 12.2. The summed E-state index contributed by atoms with van der Waals surface area (Å²) in [6, 6.07) is 3.76. The molecule has 0 spiro atoms. The molecule has 0 radical (unpaired) electrons. The Morgan fingerprint density at radius 1 is 1.50 bits per heavy atom. The van der Waals surface area contributed by atoms with E-state index in [2.05, 4.69) is 4.72 Å². The van der Waals surface area contributed by atoms with Crippen molar-refractivity contribution in [1.29, 1.82) is 0 Å². The molecule has 0 bridgehead atoms. The summed E-state index contributed by atoms with van der Waals surface area (Å²) in [5.41, 5.74) is 5.41. The fourth-order valence-electron chi connectivity index (χ4n) is 2.00. The summed E-state index contributed by atoms with van der Waals surface area (Å²) in [7, 11) is -3.84. The van der Waals surface area contributed by atoms with Crippen LogP contribution in [-0.4, -0.2) is 37.5 Å². The van der Waals surface area contributed by atoms with Crippen molar-refractivity contribution in [2.24, 2.45) is 5.92 Å². The Balaban J connectivity index is 2.22. The van der Waals surface area contributed by atoms with Crippen LogP contribution in [0, 0.1) is 5.92 Å². The summed E-state index contributed by atoms with van der Waals surface area (Å²) in [4.78, 5) is 10.9. The van der Waals surface area contributed by atoms with Crippen molar-refractivity contribution in [3.8, 4) is 0 Å². The van der Waals surface area contributed by atoms with Crippen LogP contribution in [-0.2, 0) is 10.0 Å². The Bertz CT molecular complexity index is 610. The lowest BCUT2D eigenvalue weighted by Gasteiger charge is -2.12. The van der Waals surface area contributed by atoms with E-state index in [0.29, 0.717) is 12.5 Å². The Labute approximate surface area is 121 Å². The molecule has 0 aliphatic carbocycles. The van der Waals surface area contributed by atoms with Crippen molar-refractivity contribution in [2.45, 2.75) is 11.3 Å². The molecule has 1 aliphatic rings. The number of nitrogens with one attached hydrogen (secondary N) is 1. The van der Waals surface area contributed by atoms with Crippen molar-refractivity contribution < 1.29 is 18.3 Å². The van der Waals surface area contributed by atoms with Crippen LogP contribution in [0.25, 0.3) is 0 Å². The van der Waals surface area contributed by atoms with Gasteiger partial charge in [0.25, 0.3) is 0 Å². The van der Waals surface area contributed by atoms with E-state index in [1.807, 2.05) is 0 Å². The minimum absolute atomic E-state index is 0.216. The Morgan fingerprint density at radius 3 is 2.85 bits per heavy atom. The van der Waals surface area contributed by atoms with Gasteiger partial charge in [-0.1, -0.05) is 0 Å². The second-order valence-corrected chi connectivity index (χ2v) is 7.53. The van der Waals surface area contributed by atoms with E-state index < -0.39 is 16.0 Å². The highest BCUT2D eigenvalue weighted by Crippen LogP contribution is 2.24. The van der Waals surface area contributed by atoms with Crippen LogP contribution in [0.1, 0.15) is 16.8 Å². The zero-order chi connectivity index (χ0) is 14.8. The molecule has 6 nitrogen and oxygen atoms in total. The molecule has 1 unspecified atom stereocenters. The molecule has 0 amide bonds. The number of nitrogens with two attached hydrogens (primary N) is 1. The van der Waals surface area contributed by atoms with Gasteiger partial charge in [0.15, 0.2) is 0 Å². The number of nitrogen functional groups attached to an aromatic ring is 1. The topological polar surface area (TPSA) is 109 Å². The summed E-state index contributed by atoms with van der Waals surface area (Å²) in [5.74, 6) is 0.955. The zero-order valence-electron chi connectivity index (χ0n) is 10.7. The first-order chi connectivity index (χ1) is 9.40. The third kappa shape index (κ3) is 3.44. The van der Waals surface area contributed by atoms with Crippen LogP contribution in [0.3, 0.4) is 0 Å². The van der Waals surface area contributed by atoms with Gasteiger partial charge in [-0.05, 0) is 42.0 Å². The van der Waals surface area contributed by atoms with Gasteiger partial charge < -0.3 is 10.8 Å². The highest BCUT2D eigenvalue weighted by Gasteiger charge is 2.24. The molecule has 0 aromatic heterocycles. The lowest BCUT2D eigenvalue weighted by Crippen LogP contribution is -2.30. The first-order valence-electron chi connectivity index (χ1n) is 6.10. The average Bonchev–Trinajstić information content (AvgIpc) is 2.89. The van der Waals surface area contributed by atoms with Crippen LogP contribution in [0.4, 0.5) is 5.69 Å². The normalized spacial score (nSPS) is 19.1. The average molecular weight is 316 g/mol. The molecule has 2 rings (SSSR count). The summed E-state index contributed by atoms with van der Waals surface area (Å²) in [6.07, 6.45) is 0.973. The molecule has 1 saturated heterocycles. The molecule has 1 aromatic carbocycles. The summed E-state index contributed by atoms with van der Waals surface area (Å²) >= 11 is 1.79. The number of sulfonamides is 1. The first kappa shape index (κ1) is 15.1. The number of hydrogen-bond donors (Lipinski definition) is 3. The highest BCUT2D eigenvalue weighted by atomic mass is 32.2. The van der Waals surface area contributed by atoms with Crippen LogP contribution < -0.4 is 10.5 Å². The minimum Gasteiger partial charge on any atom is -0.478 e.